The fourth-order valence-corrected chi connectivity index (χ4v) is 1.49. The highest BCUT2D eigenvalue weighted by Gasteiger charge is 2.22. The number of carboxylic acids is 1. The molecule has 1 saturated heterocycles. The topological polar surface area (TPSA) is 72.6 Å². The van der Waals surface area contributed by atoms with Gasteiger partial charge in [-0.25, -0.2) is 4.98 Å². The second kappa shape index (κ2) is 3.79. The molecule has 5 heteroatoms. The SMILES string of the molecule is O=C(O)Cc1ncc(C2CCCO2)o1. The maximum atomic E-state index is 10.4. The van der Waals surface area contributed by atoms with Gasteiger partial charge in [-0.3, -0.25) is 4.79 Å². The number of carboxylic acid groups (broad SMARTS) is 1. The van der Waals surface area contributed by atoms with Crippen molar-refractivity contribution in [2.45, 2.75) is 25.4 Å². The van der Waals surface area contributed by atoms with Crippen LogP contribution in [-0.2, 0) is 16.0 Å². The highest BCUT2D eigenvalue weighted by Crippen LogP contribution is 2.28. The van der Waals surface area contributed by atoms with Crippen molar-refractivity contribution >= 4 is 5.97 Å². The van der Waals surface area contributed by atoms with Crippen LogP contribution >= 0.6 is 0 Å². The van der Waals surface area contributed by atoms with E-state index in [9.17, 15) is 4.79 Å². The van der Waals surface area contributed by atoms with Crippen LogP contribution < -0.4 is 0 Å². The van der Waals surface area contributed by atoms with E-state index in [4.69, 9.17) is 14.3 Å². The van der Waals surface area contributed by atoms with Gasteiger partial charge in [0.15, 0.2) is 5.76 Å². The molecule has 1 atom stereocenters. The molecule has 1 fully saturated rings. The fraction of sp³-hybridized carbons (Fsp3) is 0.556. The summed E-state index contributed by atoms with van der Waals surface area (Å²) in [6.07, 6.45) is 3.27. The van der Waals surface area contributed by atoms with Crippen molar-refractivity contribution in [1.82, 2.24) is 4.98 Å². The minimum atomic E-state index is -0.939. The molecule has 2 rings (SSSR count). The van der Waals surface area contributed by atoms with Gasteiger partial charge in [0, 0.05) is 6.61 Å². The molecule has 1 aromatic heterocycles. The lowest BCUT2D eigenvalue weighted by Gasteiger charge is -2.02. The van der Waals surface area contributed by atoms with Crippen LogP contribution in [0.1, 0.15) is 30.6 Å². The van der Waals surface area contributed by atoms with Crippen LogP contribution in [0.3, 0.4) is 0 Å². The molecular weight excluding hydrogens is 186 g/mol. The molecule has 1 unspecified atom stereocenters. The molecule has 0 aliphatic carbocycles. The van der Waals surface area contributed by atoms with Crippen LogP contribution in [0.15, 0.2) is 10.6 Å². The Morgan fingerprint density at radius 1 is 1.71 bits per heavy atom. The second-order valence-electron chi connectivity index (χ2n) is 3.23. The summed E-state index contributed by atoms with van der Waals surface area (Å²) >= 11 is 0. The molecule has 5 nitrogen and oxygen atoms in total. The molecule has 76 valence electrons. The third-order valence-electron chi connectivity index (χ3n) is 2.12. The van der Waals surface area contributed by atoms with Crippen molar-refractivity contribution in [1.29, 1.82) is 0 Å². The van der Waals surface area contributed by atoms with E-state index in [0.717, 1.165) is 19.4 Å². The first-order valence-corrected chi connectivity index (χ1v) is 4.53. The summed E-state index contributed by atoms with van der Waals surface area (Å²) < 4.78 is 10.6. The van der Waals surface area contributed by atoms with E-state index in [1.807, 2.05) is 0 Å². The first-order valence-electron chi connectivity index (χ1n) is 4.53. The molecule has 0 spiro atoms. The normalized spacial score (nSPS) is 21.3. The minimum absolute atomic E-state index is 0.0370. The van der Waals surface area contributed by atoms with Gasteiger partial charge in [0.25, 0.3) is 0 Å². The van der Waals surface area contributed by atoms with Crippen LogP contribution in [0, 0.1) is 0 Å². The first kappa shape index (κ1) is 9.21. The smallest absolute Gasteiger partial charge is 0.312 e. The third kappa shape index (κ3) is 1.93. The Morgan fingerprint density at radius 2 is 2.57 bits per heavy atom. The van der Waals surface area contributed by atoms with Gasteiger partial charge in [-0.15, -0.1) is 0 Å². The van der Waals surface area contributed by atoms with Crippen LogP contribution in [-0.4, -0.2) is 22.7 Å². The van der Waals surface area contributed by atoms with Crippen molar-refractivity contribution in [2.75, 3.05) is 6.61 Å². The van der Waals surface area contributed by atoms with E-state index < -0.39 is 5.97 Å². The molecule has 1 aliphatic heterocycles. The Balaban J connectivity index is 2.05. The Morgan fingerprint density at radius 3 is 3.21 bits per heavy atom. The van der Waals surface area contributed by atoms with E-state index in [1.165, 1.54) is 0 Å². The van der Waals surface area contributed by atoms with Crippen LogP contribution in [0.2, 0.25) is 0 Å². The molecule has 0 saturated carbocycles. The summed E-state index contributed by atoms with van der Waals surface area (Å²) in [6, 6.07) is 0. The van der Waals surface area contributed by atoms with Crippen LogP contribution in [0.4, 0.5) is 0 Å². The minimum Gasteiger partial charge on any atom is -0.481 e. The molecule has 1 N–H and O–H groups in total. The van der Waals surface area contributed by atoms with E-state index >= 15 is 0 Å². The highest BCUT2D eigenvalue weighted by molar-refractivity contribution is 5.68. The second-order valence-corrected chi connectivity index (χ2v) is 3.23. The van der Waals surface area contributed by atoms with Crippen molar-refractivity contribution in [3.63, 3.8) is 0 Å². The standard InChI is InChI=1S/C9H11NO4/c11-9(12)4-8-10-5-7(14-8)6-2-1-3-13-6/h5-6H,1-4H2,(H,11,12). The maximum absolute atomic E-state index is 10.4. The Labute approximate surface area is 80.7 Å². The lowest BCUT2D eigenvalue weighted by molar-refractivity contribution is -0.136. The third-order valence-corrected chi connectivity index (χ3v) is 2.12. The molecular formula is C9H11NO4. The number of carbonyl (C=O) groups is 1. The largest absolute Gasteiger partial charge is 0.481 e. The predicted molar refractivity (Wildman–Crippen MR) is 45.8 cm³/mol. The maximum Gasteiger partial charge on any atom is 0.312 e. The summed E-state index contributed by atoms with van der Waals surface area (Å²) in [7, 11) is 0. The molecule has 1 aromatic rings. The summed E-state index contributed by atoms with van der Waals surface area (Å²) in [4.78, 5) is 14.2. The lowest BCUT2D eigenvalue weighted by atomic mass is 10.2. The zero-order valence-corrected chi connectivity index (χ0v) is 7.60. The van der Waals surface area contributed by atoms with E-state index in [2.05, 4.69) is 4.98 Å². The van der Waals surface area contributed by atoms with Gasteiger partial charge in [0.05, 0.1) is 6.20 Å². The number of nitrogens with zero attached hydrogens (tertiary/aromatic N) is 1. The van der Waals surface area contributed by atoms with Gasteiger partial charge in [-0.1, -0.05) is 0 Å². The number of oxazole rings is 1. The van der Waals surface area contributed by atoms with Crippen LogP contribution in [0.25, 0.3) is 0 Å². The molecule has 2 heterocycles. The molecule has 14 heavy (non-hydrogen) atoms. The molecule has 0 radical (unpaired) electrons. The summed E-state index contributed by atoms with van der Waals surface area (Å²) in [5.74, 6) is -0.0625. The zero-order valence-electron chi connectivity index (χ0n) is 7.60. The number of aliphatic carboxylic acids is 1. The number of rotatable bonds is 3. The summed E-state index contributed by atoms with van der Waals surface area (Å²) in [6.45, 7) is 0.736. The average molecular weight is 197 g/mol. The Bertz CT molecular complexity index is 327. The number of aromatic nitrogens is 1. The van der Waals surface area contributed by atoms with Gasteiger partial charge in [-0.2, -0.15) is 0 Å². The van der Waals surface area contributed by atoms with E-state index in [-0.39, 0.29) is 18.4 Å². The molecule has 0 bridgehead atoms. The van der Waals surface area contributed by atoms with Crippen molar-refractivity contribution in [2.24, 2.45) is 0 Å². The summed E-state index contributed by atoms with van der Waals surface area (Å²) in [5.41, 5.74) is 0. The fourth-order valence-electron chi connectivity index (χ4n) is 1.49. The Kier molecular flexibility index (Phi) is 2.49. The summed E-state index contributed by atoms with van der Waals surface area (Å²) in [5, 5.41) is 8.51. The van der Waals surface area contributed by atoms with Gasteiger partial charge < -0.3 is 14.3 Å². The van der Waals surface area contributed by atoms with Crippen molar-refractivity contribution in [3.8, 4) is 0 Å². The molecule has 0 amide bonds. The number of ether oxygens (including phenoxy) is 1. The molecule has 0 aromatic carbocycles. The average Bonchev–Trinajstić information content (AvgIpc) is 2.69. The highest BCUT2D eigenvalue weighted by atomic mass is 16.5. The lowest BCUT2D eigenvalue weighted by Crippen LogP contribution is -1.99. The van der Waals surface area contributed by atoms with Gasteiger partial charge >= 0.3 is 5.97 Å². The number of hydrogen-bond donors (Lipinski definition) is 1. The van der Waals surface area contributed by atoms with Gasteiger partial charge in [0.2, 0.25) is 5.89 Å². The van der Waals surface area contributed by atoms with Gasteiger partial charge in [-0.05, 0) is 12.8 Å². The quantitative estimate of drug-likeness (QED) is 0.786. The molecule has 1 aliphatic rings. The van der Waals surface area contributed by atoms with Crippen molar-refractivity contribution < 1.29 is 19.1 Å². The first-order chi connectivity index (χ1) is 6.75. The monoisotopic (exact) mass is 197 g/mol. The zero-order chi connectivity index (χ0) is 9.97. The van der Waals surface area contributed by atoms with Crippen molar-refractivity contribution in [3.05, 3.63) is 17.8 Å². The van der Waals surface area contributed by atoms with E-state index in [0.29, 0.717) is 5.76 Å². The van der Waals surface area contributed by atoms with E-state index in [1.54, 1.807) is 6.20 Å². The van der Waals surface area contributed by atoms with Gasteiger partial charge in [0.1, 0.15) is 12.5 Å². The number of hydrogen-bond acceptors (Lipinski definition) is 4. The van der Waals surface area contributed by atoms with Crippen LogP contribution in [0.5, 0.6) is 0 Å². The Hall–Kier alpha value is -1.36. The predicted octanol–water partition coefficient (Wildman–Crippen LogP) is 1.15.